The first-order valence-electron chi connectivity index (χ1n) is 12.1. The highest BCUT2D eigenvalue weighted by Crippen LogP contribution is 2.31. The maximum Gasteiger partial charge on any atom is 0.338 e. The van der Waals surface area contributed by atoms with E-state index in [1.165, 1.54) is 23.8 Å². The summed E-state index contributed by atoms with van der Waals surface area (Å²) in [5.41, 5.74) is 3.37. The molecule has 0 saturated heterocycles. The number of hydrogen-bond donors (Lipinski definition) is 0. The molecule has 2 aromatic carbocycles. The molecule has 1 aliphatic heterocycles. The fourth-order valence-corrected chi connectivity index (χ4v) is 5.27. The van der Waals surface area contributed by atoms with Gasteiger partial charge in [0, 0.05) is 6.92 Å². The largest absolute Gasteiger partial charge is 0.463 e. The number of carbonyl (C=O) groups excluding carboxylic acids is 2. The molecule has 1 unspecified atom stereocenters. The highest BCUT2D eigenvalue weighted by molar-refractivity contribution is 7.07. The Morgan fingerprint density at radius 2 is 1.73 bits per heavy atom. The number of rotatable bonds is 5. The quantitative estimate of drug-likeness (QED) is 0.376. The second-order valence-corrected chi connectivity index (χ2v) is 10.8. The standard InChI is InChI=1S/C29H30N2O5S/c1-7-35-27(34)24-17(2)30-28-31(25(24)20-10-14-22(15-11-20)36-18(3)32)26(33)23(37-28)16-19-8-12-21(13-9-19)29(4,5)6/h8-16,25H,7H2,1-6H3/b23-16+. The third kappa shape index (κ3) is 5.49. The summed E-state index contributed by atoms with van der Waals surface area (Å²) in [5.74, 6) is -0.579. The van der Waals surface area contributed by atoms with E-state index in [-0.39, 0.29) is 17.6 Å². The number of benzene rings is 2. The van der Waals surface area contributed by atoms with Crippen LogP contribution in [-0.4, -0.2) is 23.1 Å². The van der Waals surface area contributed by atoms with Crippen LogP contribution in [0.15, 0.2) is 69.6 Å². The molecule has 1 aromatic heterocycles. The van der Waals surface area contributed by atoms with Crippen molar-refractivity contribution >= 4 is 29.4 Å². The Morgan fingerprint density at radius 3 is 2.30 bits per heavy atom. The number of hydrogen-bond acceptors (Lipinski definition) is 7. The Hall–Kier alpha value is -3.78. The summed E-state index contributed by atoms with van der Waals surface area (Å²) in [5, 5.41) is 0. The van der Waals surface area contributed by atoms with Crippen LogP contribution in [0.2, 0.25) is 0 Å². The van der Waals surface area contributed by atoms with Crippen LogP contribution in [-0.2, 0) is 19.7 Å². The molecule has 1 aliphatic rings. The van der Waals surface area contributed by atoms with Gasteiger partial charge in [0.05, 0.1) is 28.5 Å². The van der Waals surface area contributed by atoms with E-state index in [1.54, 1.807) is 42.7 Å². The molecule has 192 valence electrons. The van der Waals surface area contributed by atoms with E-state index < -0.39 is 18.0 Å². The van der Waals surface area contributed by atoms with Crippen LogP contribution in [0.3, 0.4) is 0 Å². The van der Waals surface area contributed by atoms with Crippen molar-refractivity contribution < 1.29 is 19.1 Å². The van der Waals surface area contributed by atoms with Crippen molar-refractivity contribution in [2.45, 2.75) is 53.0 Å². The van der Waals surface area contributed by atoms with Crippen molar-refractivity contribution in [1.82, 2.24) is 4.57 Å². The van der Waals surface area contributed by atoms with E-state index in [0.717, 1.165) is 5.56 Å². The number of fused-ring (bicyclic) bond motifs is 1. The minimum Gasteiger partial charge on any atom is -0.463 e. The van der Waals surface area contributed by atoms with Gasteiger partial charge in [0.2, 0.25) is 0 Å². The van der Waals surface area contributed by atoms with E-state index in [2.05, 4.69) is 37.9 Å². The maximum atomic E-state index is 13.7. The lowest BCUT2D eigenvalue weighted by Gasteiger charge is -2.24. The third-order valence-electron chi connectivity index (χ3n) is 6.05. The van der Waals surface area contributed by atoms with Gasteiger partial charge in [0.25, 0.3) is 5.56 Å². The van der Waals surface area contributed by atoms with Crippen LogP contribution in [0.5, 0.6) is 5.75 Å². The van der Waals surface area contributed by atoms with Crippen LogP contribution >= 0.6 is 11.3 Å². The molecule has 2 heterocycles. The third-order valence-corrected chi connectivity index (χ3v) is 7.03. The second kappa shape index (κ2) is 10.3. The van der Waals surface area contributed by atoms with Crippen molar-refractivity contribution in [2.75, 3.05) is 6.61 Å². The van der Waals surface area contributed by atoms with Crippen molar-refractivity contribution in [3.05, 3.63) is 96.2 Å². The Bertz CT molecular complexity index is 1550. The predicted molar refractivity (Wildman–Crippen MR) is 143 cm³/mol. The molecule has 0 aliphatic carbocycles. The molecule has 0 fully saturated rings. The SMILES string of the molecule is CCOC(=O)C1=C(C)N=c2s/c(=C/c3ccc(C(C)(C)C)cc3)c(=O)n2C1c1ccc(OC(C)=O)cc1. The zero-order chi connectivity index (χ0) is 26.9. The van der Waals surface area contributed by atoms with Gasteiger partial charge in [-0.15, -0.1) is 0 Å². The van der Waals surface area contributed by atoms with Gasteiger partial charge >= 0.3 is 11.9 Å². The Balaban J connectivity index is 1.86. The molecule has 3 aromatic rings. The van der Waals surface area contributed by atoms with Crippen molar-refractivity contribution in [1.29, 1.82) is 0 Å². The molecule has 0 spiro atoms. The molecule has 7 nitrogen and oxygen atoms in total. The number of allylic oxidation sites excluding steroid dienone is 1. The zero-order valence-electron chi connectivity index (χ0n) is 21.8. The number of ether oxygens (including phenoxy) is 2. The fraction of sp³-hybridized carbons (Fsp3) is 0.310. The molecular formula is C29H30N2O5S. The van der Waals surface area contributed by atoms with Gasteiger partial charge in [-0.25, -0.2) is 9.79 Å². The second-order valence-electron chi connectivity index (χ2n) is 9.84. The van der Waals surface area contributed by atoms with Crippen LogP contribution < -0.4 is 19.6 Å². The highest BCUT2D eigenvalue weighted by Gasteiger charge is 2.33. The first-order chi connectivity index (χ1) is 17.5. The van der Waals surface area contributed by atoms with Gasteiger partial charge < -0.3 is 9.47 Å². The first kappa shape index (κ1) is 26.3. The van der Waals surface area contributed by atoms with Crippen LogP contribution in [0.4, 0.5) is 0 Å². The molecule has 1 atom stereocenters. The summed E-state index contributed by atoms with van der Waals surface area (Å²) < 4.78 is 12.5. The van der Waals surface area contributed by atoms with Gasteiger partial charge in [0.15, 0.2) is 4.80 Å². The van der Waals surface area contributed by atoms with E-state index in [1.807, 2.05) is 18.2 Å². The van der Waals surface area contributed by atoms with Gasteiger partial charge in [-0.05, 0) is 54.2 Å². The van der Waals surface area contributed by atoms with Crippen LogP contribution in [0, 0.1) is 0 Å². The minimum absolute atomic E-state index is 0.0316. The molecule has 8 heteroatoms. The first-order valence-corrected chi connectivity index (χ1v) is 12.9. The molecule has 4 rings (SSSR count). The minimum atomic E-state index is -0.730. The topological polar surface area (TPSA) is 87.0 Å². The highest BCUT2D eigenvalue weighted by atomic mass is 32.1. The molecule has 0 radical (unpaired) electrons. The van der Waals surface area contributed by atoms with Crippen LogP contribution in [0.1, 0.15) is 64.3 Å². The average Bonchev–Trinajstić information content (AvgIpc) is 3.12. The van der Waals surface area contributed by atoms with Gasteiger partial charge in [-0.3, -0.25) is 14.2 Å². The molecule has 0 bridgehead atoms. The number of aromatic nitrogens is 1. The van der Waals surface area contributed by atoms with Crippen molar-refractivity contribution in [3.8, 4) is 5.75 Å². The summed E-state index contributed by atoms with van der Waals surface area (Å²) in [6.07, 6.45) is 1.85. The number of nitrogens with zero attached hydrogens (tertiary/aromatic N) is 2. The summed E-state index contributed by atoms with van der Waals surface area (Å²) in [6.45, 7) is 11.5. The lowest BCUT2D eigenvalue weighted by atomic mass is 9.87. The lowest BCUT2D eigenvalue weighted by Crippen LogP contribution is -2.39. The summed E-state index contributed by atoms with van der Waals surface area (Å²) in [6, 6.07) is 14.2. The molecule has 0 saturated carbocycles. The monoisotopic (exact) mass is 518 g/mol. The van der Waals surface area contributed by atoms with Gasteiger partial charge in [0.1, 0.15) is 5.75 Å². The Labute approximate surface area is 219 Å². The van der Waals surface area contributed by atoms with Gasteiger partial charge in [-0.2, -0.15) is 0 Å². The lowest BCUT2D eigenvalue weighted by molar-refractivity contribution is -0.139. The average molecular weight is 519 g/mol. The molecular weight excluding hydrogens is 488 g/mol. The molecule has 37 heavy (non-hydrogen) atoms. The Morgan fingerprint density at radius 1 is 1.08 bits per heavy atom. The predicted octanol–water partition coefficient (Wildman–Crippen LogP) is 4.02. The van der Waals surface area contributed by atoms with Gasteiger partial charge in [-0.1, -0.05) is 68.5 Å². The summed E-state index contributed by atoms with van der Waals surface area (Å²) in [7, 11) is 0. The van der Waals surface area contributed by atoms with E-state index >= 15 is 0 Å². The van der Waals surface area contributed by atoms with E-state index in [9.17, 15) is 14.4 Å². The zero-order valence-corrected chi connectivity index (χ0v) is 22.6. The summed E-state index contributed by atoms with van der Waals surface area (Å²) in [4.78, 5) is 43.2. The van der Waals surface area contributed by atoms with Crippen LogP contribution in [0.25, 0.3) is 6.08 Å². The smallest absolute Gasteiger partial charge is 0.338 e. The maximum absolute atomic E-state index is 13.7. The van der Waals surface area contributed by atoms with Crippen molar-refractivity contribution in [3.63, 3.8) is 0 Å². The number of thiazole rings is 1. The molecule has 0 N–H and O–H groups in total. The Kier molecular flexibility index (Phi) is 7.32. The van der Waals surface area contributed by atoms with E-state index in [4.69, 9.17) is 9.47 Å². The number of esters is 2. The van der Waals surface area contributed by atoms with E-state index in [0.29, 0.717) is 31.9 Å². The normalized spacial score (nSPS) is 15.7. The fourth-order valence-electron chi connectivity index (χ4n) is 4.22. The molecule has 0 amide bonds. The summed E-state index contributed by atoms with van der Waals surface area (Å²) >= 11 is 1.28. The van der Waals surface area contributed by atoms with Crippen molar-refractivity contribution in [2.24, 2.45) is 4.99 Å². The number of carbonyl (C=O) groups is 2.